The standard InChI is InChI=1S/C16H18N6S/c1-4-12-11(3)23-16-14(12)15-18-13(20-22(15)9-17-16)6-8-21-7-5-10(2)19-21/h5,7,9H,4,6,8H2,1-3H3. The lowest BCUT2D eigenvalue weighted by molar-refractivity contribution is 0.595. The Hall–Kier alpha value is -2.28. The van der Waals surface area contributed by atoms with Gasteiger partial charge in [-0.1, -0.05) is 6.92 Å². The van der Waals surface area contributed by atoms with Crippen LogP contribution in [0, 0.1) is 13.8 Å². The van der Waals surface area contributed by atoms with Gasteiger partial charge in [0.2, 0.25) is 0 Å². The van der Waals surface area contributed by atoms with Gasteiger partial charge in [0.25, 0.3) is 0 Å². The minimum atomic E-state index is 0.759. The SMILES string of the molecule is CCc1c(C)sc2ncn3nc(CCn4ccc(C)n4)nc3c12. The minimum absolute atomic E-state index is 0.759. The molecule has 0 aliphatic heterocycles. The third kappa shape index (κ3) is 2.41. The zero-order valence-electron chi connectivity index (χ0n) is 13.4. The van der Waals surface area contributed by atoms with E-state index >= 15 is 0 Å². The van der Waals surface area contributed by atoms with Crippen molar-refractivity contribution >= 4 is 27.2 Å². The van der Waals surface area contributed by atoms with Crippen LogP contribution in [-0.2, 0) is 19.4 Å². The van der Waals surface area contributed by atoms with Gasteiger partial charge >= 0.3 is 0 Å². The first-order valence-electron chi connectivity index (χ1n) is 7.78. The van der Waals surface area contributed by atoms with Crippen LogP contribution >= 0.6 is 11.3 Å². The molecule has 23 heavy (non-hydrogen) atoms. The predicted molar refractivity (Wildman–Crippen MR) is 90.9 cm³/mol. The van der Waals surface area contributed by atoms with E-state index in [4.69, 9.17) is 4.98 Å². The molecule has 0 radical (unpaired) electrons. The Bertz CT molecular complexity index is 993. The monoisotopic (exact) mass is 326 g/mol. The van der Waals surface area contributed by atoms with Crippen molar-refractivity contribution in [1.82, 2.24) is 29.4 Å². The quantitative estimate of drug-likeness (QED) is 0.578. The molecule has 4 heterocycles. The van der Waals surface area contributed by atoms with Crippen molar-refractivity contribution < 1.29 is 0 Å². The second kappa shape index (κ2) is 5.42. The van der Waals surface area contributed by atoms with E-state index in [0.29, 0.717) is 0 Å². The van der Waals surface area contributed by atoms with Gasteiger partial charge in [-0.25, -0.2) is 14.5 Å². The molecule has 0 aliphatic carbocycles. The summed E-state index contributed by atoms with van der Waals surface area (Å²) >= 11 is 1.73. The molecule has 0 unspecified atom stereocenters. The lowest BCUT2D eigenvalue weighted by Crippen LogP contribution is -2.03. The van der Waals surface area contributed by atoms with Crippen molar-refractivity contribution in [3.05, 3.63) is 40.5 Å². The van der Waals surface area contributed by atoms with Gasteiger partial charge in [0.05, 0.1) is 11.1 Å². The molecule has 0 amide bonds. The fraction of sp³-hybridized carbons (Fsp3) is 0.375. The second-order valence-electron chi connectivity index (χ2n) is 5.68. The Morgan fingerprint density at radius 1 is 1.22 bits per heavy atom. The summed E-state index contributed by atoms with van der Waals surface area (Å²) in [6.07, 6.45) is 5.50. The van der Waals surface area contributed by atoms with Crippen LogP contribution in [0.5, 0.6) is 0 Å². The molecular formula is C16H18N6S. The van der Waals surface area contributed by atoms with E-state index < -0.39 is 0 Å². The maximum absolute atomic E-state index is 4.76. The molecule has 4 rings (SSSR count). The Balaban J connectivity index is 1.73. The lowest BCUT2D eigenvalue weighted by Gasteiger charge is -1.97. The van der Waals surface area contributed by atoms with Crippen LogP contribution in [0.2, 0.25) is 0 Å². The molecule has 0 spiro atoms. The molecule has 0 atom stereocenters. The average molecular weight is 326 g/mol. The molecule has 0 N–H and O–H groups in total. The fourth-order valence-corrected chi connectivity index (χ4v) is 4.02. The minimum Gasteiger partial charge on any atom is -0.272 e. The summed E-state index contributed by atoms with van der Waals surface area (Å²) in [5.74, 6) is 0.832. The number of aryl methyl sites for hydroxylation is 5. The maximum atomic E-state index is 4.76. The summed E-state index contributed by atoms with van der Waals surface area (Å²) < 4.78 is 3.73. The number of aromatic nitrogens is 6. The molecule has 0 fully saturated rings. The molecule has 0 aromatic carbocycles. The molecule has 118 valence electrons. The van der Waals surface area contributed by atoms with Gasteiger partial charge in [0.1, 0.15) is 11.2 Å². The largest absolute Gasteiger partial charge is 0.272 e. The highest BCUT2D eigenvalue weighted by Gasteiger charge is 2.15. The predicted octanol–water partition coefficient (Wildman–Crippen LogP) is 2.96. The van der Waals surface area contributed by atoms with Crippen molar-refractivity contribution in [2.75, 3.05) is 0 Å². The number of thiophene rings is 1. The van der Waals surface area contributed by atoms with Crippen molar-refractivity contribution in [1.29, 1.82) is 0 Å². The summed E-state index contributed by atoms with van der Waals surface area (Å²) in [4.78, 5) is 11.7. The van der Waals surface area contributed by atoms with Crippen molar-refractivity contribution in [2.24, 2.45) is 0 Å². The molecule has 0 saturated heterocycles. The van der Waals surface area contributed by atoms with E-state index in [9.17, 15) is 0 Å². The third-order valence-corrected chi connectivity index (χ3v) is 5.12. The van der Waals surface area contributed by atoms with Gasteiger partial charge in [0, 0.05) is 24.0 Å². The van der Waals surface area contributed by atoms with Crippen LogP contribution in [0.1, 0.15) is 28.9 Å². The molecule has 0 bridgehead atoms. The van der Waals surface area contributed by atoms with Crippen LogP contribution < -0.4 is 0 Å². The van der Waals surface area contributed by atoms with Gasteiger partial charge in [0.15, 0.2) is 11.5 Å². The van der Waals surface area contributed by atoms with Crippen molar-refractivity contribution in [3.8, 4) is 0 Å². The summed E-state index contributed by atoms with van der Waals surface area (Å²) in [5, 5.41) is 10.1. The number of rotatable bonds is 4. The van der Waals surface area contributed by atoms with Gasteiger partial charge in [-0.15, -0.1) is 16.4 Å². The molecule has 7 heteroatoms. The smallest absolute Gasteiger partial charge is 0.167 e. The first-order chi connectivity index (χ1) is 11.2. The highest BCUT2D eigenvalue weighted by Crippen LogP contribution is 2.31. The Morgan fingerprint density at radius 2 is 2.09 bits per heavy atom. The van der Waals surface area contributed by atoms with Crippen molar-refractivity contribution in [3.63, 3.8) is 0 Å². The normalized spacial score (nSPS) is 11.8. The highest BCUT2D eigenvalue weighted by atomic mass is 32.1. The van der Waals surface area contributed by atoms with E-state index in [2.05, 4.69) is 29.0 Å². The molecule has 6 nitrogen and oxygen atoms in total. The topological polar surface area (TPSA) is 60.9 Å². The molecule has 0 saturated carbocycles. The summed E-state index contributed by atoms with van der Waals surface area (Å²) in [5.41, 5.74) is 3.29. The maximum Gasteiger partial charge on any atom is 0.167 e. The number of hydrogen-bond acceptors (Lipinski definition) is 5. The fourth-order valence-electron chi connectivity index (χ4n) is 2.94. The highest BCUT2D eigenvalue weighted by molar-refractivity contribution is 7.18. The lowest BCUT2D eigenvalue weighted by atomic mass is 10.1. The molecular weight excluding hydrogens is 308 g/mol. The van der Waals surface area contributed by atoms with Crippen molar-refractivity contribution in [2.45, 2.75) is 40.2 Å². The van der Waals surface area contributed by atoms with Crippen LogP contribution in [-0.4, -0.2) is 29.4 Å². The van der Waals surface area contributed by atoms with E-state index in [0.717, 1.165) is 46.8 Å². The van der Waals surface area contributed by atoms with E-state index in [1.54, 1.807) is 22.2 Å². The first-order valence-corrected chi connectivity index (χ1v) is 8.59. The zero-order valence-corrected chi connectivity index (χ0v) is 14.3. The Labute approximate surface area is 137 Å². The number of hydrogen-bond donors (Lipinski definition) is 0. The van der Waals surface area contributed by atoms with Gasteiger partial charge < -0.3 is 0 Å². The third-order valence-electron chi connectivity index (χ3n) is 4.07. The first kappa shape index (κ1) is 14.3. The Morgan fingerprint density at radius 3 is 2.83 bits per heavy atom. The summed E-state index contributed by atoms with van der Waals surface area (Å²) in [6, 6.07) is 2.01. The molecule has 4 aromatic rings. The summed E-state index contributed by atoms with van der Waals surface area (Å²) in [7, 11) is 0. The van der Waals surface area contributed by atoms with E-state index in [-0.39, 0.29) is 0 Å². The average Bonchev–Trinajstić information content (AvgIpc) is 3.20. The van der Waals surface area contributed by atoms with Crippen LogP contribution in [0.25, 0.3) is 15.9 Å². The molecule has 4 aromatic heterocycles. The van der Waals surface area contributed by atoms with Gasteiger partial charge in [-0.3, -0.25) is 4.68 Å². The van der Waals surface area contributed by atoms with Crippen LogP contribution in [0.4, 0.5) is 0 Å². The van der Waals surface area contributed by atoms with Gasteiger partial charge in [-0.2, -0.15) is 5.10 Å². The zero-order chi connectivity index (χ0) is 16.0. The molecule has 0 aliphatic rings. The van der Waals surface area contributed by atoms with E-state index in [1.807, 2.05) is 23.9 Å². The van der Waals surface area contributed by atoms with Gasteiger partial charge in [-0.05, 0) is 31.9 Å². The second-order valence-corrected chi connectivity index (χ2v) is 6.88. The number of nitrogens with zero attached hydrogens (tertiary/aromatic N) is 6. The van der Waals surface area contributed by atoms with Crippen LogP contribution in [0.3, 0.4) is 0 Å². The Kier molecular flexibility index (Phi) is 3.37. The van der Waals surface area contributed by atoms with Crippen LogP contribution in [0.15, 0.2) is 18.6 Å². The van der Waals surface area contributed by atoms with E-state index in [1.165, 1.54) is 10.4 Å². The number of fused-ring (bicyclic) bond motifs is 3. The summed E-state index contributed by atoms with van der Waals surface area (Å²) in [6.45, 7) is 7.10.